The van der Waals surface area contributed by atoms with Gasteiger partial charge < -0.3 is 15.3 Å². The van der Waals surface area contributed by atoms with E-state index < -0.39 is 56.0 Å². The molecule has 1 unspecified atom stereocenters. The lowest BCUT2D eigenvalue weighted by molar-refractivity contribution is -0.127. The Balaban J connectivity index is 1.42. The van der Waals surface area contributed by atoms with Gasteiger partial charge in [-0.15, -0.1) is 0 Å². The zero-order valence-electron chi connectivity index (χ0n) is 18.7. The van der Waals surface area contributed by atoms with Crippen molar-refractivity contribution in [3.63, 3.8) is 0 Å². The summed E-state index contributed by atoms with van der Waals surface area (Å²) >= 11 is 5.66. The van der Waals surface area contributed by atoms with Crippen molar-refractivity contribution in [1.82, 2.24) is 10.2 Å². The third kappa shape index (κ3) is 4.43. The molecule has 1 saturated heterocycles. The molecule has 2 aromatic rings. The van der Waals surface area contributed by atoms with Gasteiger partial charge in [0.25, 0.3) is 5.91 Å². The summed E-state index contributed by atoms with van der Waals surface area (Å²) in [6.07, 6.45) is 2.74. The second-order valence-electron chi connectivity index (χ2n) is 9.66. The highest BCUT2D eigenvalue weighted by atomic mass is 35.5. The molecule has 1 heterocycles. The summed E-state index contributed by atoms with van der Waals surface area (Å²) in [5.41, 5.74) is -1.51. The van der Waals surface area contributed by atoms with E-state index >= 15 is 0 Å². The second-order valence-corrected chi connectivity index (χ2v) is 12.1. The highest BCUT2D eigenvalue weighted by Crippen LogP contribution is 2.50. The molecule has 0 aromatic heterocycles. The summed E-state index contributed by atoms with van der Waals surface area (Å²) in [5, 5.41) is 13.0. The normalized spacial score (nSPS) is 25.1. The van der Waals surface area contributed by atoms with E-state index in [0.717, 1.165) is 24.8 Å². The Bertz CT molecular complexity index is 1350. The van der Waals surface area contributed by atoms with Crippen molar-refractivity contribution in [3.05, 3.63) is 64.2 Å². The number of nitrogens with one attached hydrogen (secondary N) is 1. The molecule has 0 spiro atoms. The van der Waals surface area contributed by atoms with E-state index in [1.165, 1.54) is 29.2 Å². The maximum atomic E-state index is 14.7. The number of fused-ring (bicyclic) bond motifs is 1. The number of benzene rings is 2. The summed E-state index contributed by atoms with van der Waals surface area (Å²) in [4.78, 5) is 28.1. The molecule has 3 fully saturated rings. The van der Waals surface area contributed by atoms with Crippen molar-refractivity contribution in [2.24, 2.45) is 5.92 Å². The smallest absolute Gasteiger partial charge is 0.254 e. The average molecular weight is 525 g/mol. The van der Waals surface area contributed by atoms with Gasteiger partial charge in [-0.3, -0.25) is 9.59 Å². The lowest BCUT2D eigenvalue weighted by Gasteiger charge is -2.31. The third-order valence-electron chi connectivity index (χ3n) is 7.09. The quantitative estimate of drug-likeness (QED) is 0.565. The Morgan fingerprint density at radius 2 is 1.89 bits per heavy atom. The van der Waals surface area contributed by atoms with Gasteiger partial charge in [-0.2, -0.15) is 0 Å². The Labute approximate surface area is 206 Å². The van der Waals surface area contributed by atoms with E-state index in [1.54, 1.807) is 0 Å². The summed E-state index contributed by atoms with van der Waals surface area (Å²) in [7, 11) is -3.54. The number of likely N-dealkylation sites (tertiary alicyclic amines) is 1. The number of carbonyl (C=O) groups excluding carboxylic acids is 2. The molecule has 2 aliphatic carbocycles. The number of piperidine rings is 1. The van der Waals surface area contributed by atoms with Gasteiger partial charge in [0.05, 0.1) is 21.6 Å². The number of aliphatic hydroxyl groups is 1. The fourth-order valence-corrected chi connectivity index (χ4v) is 5.72. The summed E-state index contributed by atoms with van der Waals surface area (Å²) in [6, 6.07) is 5.02. The first kappa shape index (κ1) is 24.1. The lowest BCUT2D eigenvalue weighted by Crippen LogP contribution is -2.50. The van der Waals surface area contributed by atoms with Crippen molar-refractivity contribution in [2.75, 3.05) is 6.26 Å². The molecule has 7 nitrogen and oxygen atoms in total. The number of rotatable bonds is 6. The van der Waals surface area contributed by atoms with Crippen molar-refractivity contribution < 1.29 is 31.9 Å². The van der Waals surface area contributed by atoms with Crippen LogP contribution in [0.15, 0.2) is 41.3 Å². The van der Waals surface area contributed by atoms with Crippen LogP contribution in [0, 0.1) is 17.6 Å². The van der Waals surface area contributed by atoms with Gasteiger partial charge in [0.15, 0.2) is 9.84 Å². The Hall–Kier alpha value is -2.56. The van der Waals surface area contributed by atoms with E-state index in [0.29, 0.717) is 19.3 Å². The highest BCUT2D eigenvalue weighted by molar-refractivity contribution is 7.90. The molecule has 2 saturated carbocycles. The Kier molecular flexibility index (Phi) is 5.69. The number of nitrogens with zero attached hydrogens (tertiary/aromatic N) is 1. The molecule has 0 bridgehead atoms. The van der Waals surface area contributed by atoms with Crippen LogP contribution >= 0.6 is 11.6 Å². The first-order valence-electron chi connectivity index (χ1n) is 11.2. The van der Waals surface area contributed by atoms with Crippen LogP contribution in [-0.4, -0.2) is 54.2 Å². The van der Waals surface area contributed by atoms with Gasteiger partial charge >= 0.3 is 0 Å². The van der Waals surface area contributed by atoms with Gasteiger partial charge in [-0.25, -0.2) is 17.2 Å². The van der Waals surface area contributed by atoms with E-state index in [1.807, 2.05) is 0 Å². The largest absolute Gasteiger partial charge is 0.387 e. The molecule has 2 amide bonds. The Morgan fingerprint density at radius 3 is 2.54 bits per heavy atom. The molecule has 1 aliphatic heterocycles. The zero-order valence-corrected chi connectivity index (χ0v) is 20.2. The minimum Gasteiger partial charge on any atom is -0.387 e. The number of amides is 2. The molecular weight excluding hydrogens is 502 g/mol. The van der Waals surface area contributed by atoms with Crippen molar-refractivity contribution in [3.8, 4) is 0 Å². The molecule has 3 aliphatic rings. The molecule has 2 aromatic carbocycles. The van der Waals surface area contributed by atoms with Crippen molar-refractivity contribution in [1.29, 1.82) is 0 Å². The van der Waals surface area contributed by atoms with Crippen LogP contribution in [-0.2, 0) is 14.6 Å². The van der Waals surface area contributed by atoms with Crippen LogP contribution in [0.1, 0.15) is 47.6 Å². The van der Waals surface area contributed by atoms with Crippen molar-refractivity contribution in [2.45, 2.75) is 54.3 Å². The number of carbonyl (C=O) groups is 2. The van der Waals surface area contributed by atoms with Gasteiger partial charge in [0.1, 0.15) is 17.7 Å². The molecule has 186 valence electrons. The zero-order chi connectivity index (χ0) is 25.3. The highest BCUT2D eigenvalue weighted by Gasteiger charge is 2.57. The fraction of sp³-hybridized carbons (Fsp3) is 0.417. The van der Waals surface area contributed by atoms with E-state index in [4.69, 9.17) is 11.6 Å². The topological polar surface area (TPSA) is 104 Å². The lowest BCUT2D eigenvalue weighted by atomic mass is 9.97. The first-order valence-corrected chi connectivity index (χ1v) is 13.5. The molecule has 5 rings (SSSR count). The predicted octanol–water partition coefficient (Wildman–Crippen LogP) is 3.01. The molecule has 35 heavy (non-hydrogen) atoms. The standard InChI is InChI=1S/C24H23ClF2N2O5S/c1-35(33,34)14-4-2-3-12(7-14)23(31)29-19-8-13(19)9-20(29)22(30)28-21(24(32)5-6-24)15-10-18(27)16(25)11-17(15)26/h2-4,7,10-11,13,19-21,32H,5-6,8-9H2,1H3,(H,28,30)/t13-,19-,20-,21?/m1/s1. The maximum absolute atomic E-state index is 14.7. The number of hydrogen-bond donors (Lipinski definition) is 2. The number of hydrogen-bond acceptors (Lipinski definition) is 5. The van der Waals surface area contributed by atoms with Crippen LogP contribution in [0.5, 0.6) is 0 Å². The third-order valence-corrected chi connectivity index (χ3v) is 8.49. The molecule has 0 radical (unpaired) electrons. The van der Waals surface area contributed by atoms with Crippen LogP contribution < -0.4 is 5.32 Å². The summed E-state index contributed by atoms with van der Waals surface area (Å²) < 4.78 is 52.6. The maximum Gasteiger partial charge on any atom is 0.254 e. The van der Waals surface area contributed by atoms with Crippen molar-refractivity contribution >= 4 is 33.3 Å². The average Bonchev–Trinajstić information content (AvgIpc) is 3.71. The number of halogens is 3. The van der Waals surface area contributed by atoms with Gasteiger partial charge in [-0.05, 0) is 61.9 Å². The summed E-state index contributed by atoms with van der Waals surface area (Å²) in [5.74, 6) is -2.69. The first-order chi connectivity index (χ1) is 16.4. The second kappa shape index (κ2) is 8.25. The van der Waals surface area contributed by atoms with Gasteiger partial charge in [0.2, 0.25) is 5.91 Å². The van der Waals surface area contributed by atoms with E-state index in [2.05, 4.69) is 5.32 Å². The van der Waals surface area contributed by atoms with Gasteiger partial charge in [-0.1, -0.05) is 17.7 Å². The van der Waals surface area contributed by atoms with Gasteiger partial charge in [0, 0.05) is 23.4 Å². The molecule has 2 N–H and O–H groups in total. The predicted molar refractivity (Wildman–Crippen MR) is 122 cm³/mol. The Morgan fingerprint density at radius 1 is 1.17 bits per heavy atom. The molecular formula is C24H23ClF2N2O5S. The summed E-state index contributed by atoms with van der Waals surface area (Å²) in [6.45, 7) is 0. The van der Waals surface area contributed by atoms with Crippen LogP contribution in [0.3, 0.4) is 0 Å². The minimum atomic E-state index is -3.54. The van der Waals surface area contributed by atoms with E-state index in [-0.39, 0.29) is 28.0 Å². The molecule has 11 heteroatoms. The van der Waals surface area contributed by atoms with Crippen LogP contribution in [0.2, 0.25) is 5.02 Å². The van der Waals surface area contributed by atoms with E-state index in [9.17, 15) is 31.9 Å². The SMILES string of the molecule is CS(=O)(=O)c1cccc(C(=O)N2[C@@H](C(=O)NC(c3cc(F)c(Cl)cc3F)C3(O)CC3)C[C@H]3C[C@H]32)c1. The van der Waals surface area contributed by atoms with Crippen LogP contribution in [0.25, 0.3) is 0 Å². The minimum absolute atomic E-state index is 0.00726. The monoisotopic (exact) mass is 524 g/mol. The number of sulfone groups is 1. The van der Waals surface area contributed by atoms with Crippen LogP contribution in [0.4, 0.5) is 8.78 Å². The molecule has 4 atom stereocenters. The fourth-order valence-electron chi connectivity index (χ4n) is 4.91.